The van der Waals surface area contributed by atoms with Gasteiger partial charge in [-0.05, 0) is 42.9 Å². The minimum absolute atomic E-state index is 0.0266. The zero-order valence-electron chi connectivity index (χ0n) is 21.4. The molecule has 3 atom stereocenters. The normalized spacial score (nSPS) is 13.5. The molecule has 202 valence electrons. The van der Waals surface area contributed by atoms with Crippen molar-refractivity contribution in [3.05, 3.63) is 23.8 Å². The Labute approximate surface area is 209 Å². The van der Waals surface area contributed by atoms with Crippen LogP contribution in [0.15, 0.2) is 18.2 Å². The van der Waals surface area contributed by atoms with Gasteiger partial charge in [0.1, 0.15) is 6.04 Å². The van der Waals surface area contributed by atoms with Gasteiger partial charge in [0.15, 0.2) is 11.5 Å². The van der Waals surface area contributed by atoms with E-state index in [0.29, 0.717) is 5.56 Å². The highest BCUT2D eigenvalue weighted by molar-refractivity contribution is 5.75. The van der Waals surface area contributed by atoms with Crippen molar-refractivity contribution in [2.45, 2.75) is 53.5 Å². The maximum absolute atomic E-state index is 12.0. The molecule has 3 N–H and O–H groups in total. The van der Waals surface area contributed by atoms with Gasteiger partial charge in [-0.2, -0.15) is 0 Å². The second-order valence-corrected chi connectivity index (χ2v) is 9.05. The lowest BCUT2D eigenvalue weighted by Crippen LogP contribution is -2.40. The molecule has 0 aromatic heterocycles. The fourth-order valence-corrected chi connectivity index (χ4v) is 3.03. The maximum atomic E-state index is 12.0. The number of benzene rings is 1. The predicted octanol–water partition coefficient (Wildman–Crippen LogP) is 4.09. The summed E-state index contributed by atoms with van der Waals surface area (Å²) in [7, 11) is 0. The minimum Gasteiger partial charge on any atom is -0.480 e. The summed E-state index contributed by atoms with van der Waals surface area (Å²) in [6.07, 6.45) is -3.00. The zero-order valence-corrected chi connectivity index (χ0v) is 21.4. The smallest absolute Gasteiger partial charge is 0.480 e. The lowest BCUT2D eigenvalue weighted by molar-refractivity contribution is -0.139. The monoisotopic (exact) mass is 513 g/mol. The van der Waals surface area contributed by atoms with Crippen LogP contribution in [0.1, 0.15) is 53.0 Å². The van der Waals surface area contributed by atoms with E-state index in [4.69, 9.17) is 34.2 Å². The van der Waals surface area contributed by atoms with Crippen LogP contribution in [-0.4, -0.2) is 62.0 Å². The Hall–Kier alpha value is -3.54. The lowest BCUT2D eigenvalue weighted by Gasteiger charge is -2.28. The van der Waals surface area contributed by atoms with E-state index in [9.17, 15) is 24.3 Å². The van der Waals surface area contributed by atoms with Crippen molar-refractivity contribution in [3.8, 4) is 11.5 Å². The van der Waals surface area contributed by atoms with Gasteiger partial charge in [-0.15, -0.1) is 0 Å². The zero-order chi connectivity index (χ0) is 27.5. The fraction of sp³-hybridized carbons (Fsp3) is 0.583. The van der Waals surface area contributed by atoms with Gasteiger partial charge in [0.05, 0.1) is 26.4 Å². The van der Waals surface area contributed by atoms with Crippen LogP contribution in [-0.2, 0) is 23.7 Å². The van der Waals surface area contributed by atoms with Crippen LogP contribution < -0.4 is 15.2 Å². The molecule has 0 spiro atoms. The summed E-state index contributed by atoms with van der Waals surface area (Å²) in [6.45, 7) is 10.5. The molecule has 12 heteroatoms. The van der Waals surface area contributed by atoms with Gasteiger partial charge in [-0.3, -0.25) is 4.79 Å². The van der Waals surface area contributed by atoms with E-state index >= 15 is 0 Å². The molecule has 0 radical (unpaired) electrons. The second kappa shape index (κ2) is 14.1. The summed E-state index contributed by atoms with van der Waals surface area (Å²) in [5.74, 6) is -3.20. The van der Waals surface area contributed by atoms with Crippen LogP contribution in [0.5, 0.6) is 11.5 Å². The summed E-state index contributed by atoms with van der Waals surface area (Å²) in [4.78, 5) is 47.5. The molecule has 0 aliphatic heterocycles. The Bertz CT molecular complexity index is 910. The van der Waals surface area contributed by atoms with Crippen LogP contribution in [0.4, 0.5) is 14.4 Å². The number of nitrogens with two attached hydrogens (primary N) is 1. The average Bonchev–Trinajstić information content (AvgIpc) is 2.77. The third-order valence-corrected chi connectivity index (χ3v) is 4.64. The molecule has 2 unspecified atom stereocenters. The van der Waals surface area contributed by atoms with Crippen molar-refractivity contribution in [1.82, 2.24) is 0 Å². The van der Waals surface area contributed by atoms with E-state index < -0.39 is 42.3 Å². The van der Waals surface area contributed by atoms with E-state index in [0.717, 1.165) is 0 Å². The molecule has 0 saturated carbocycles. The van der Waals surface area contributed by atoms with E-state index in [1.165, 1.54) is 18.2 Å². The van der Waals surface area contributed by atoms with E-state index in [1.54, 1.807) is 20.8 Å². The Balaban J connectivity index is 3.24. The molecular weight excluding hydrogens is 478 g/mol. The molecule has 36 heavy (non-hydrogen) atoms. The van der Waals surface area contributed by atoms with Crippen LogP contribution in [0.2, 0.25) is 0 Å². The Kier molecular flexibility index (Phi) is 12.0. The van der Waals surface area contributed by atoms with Gasteiger partial charge in [0.2, 0.25) is 0 Å². The predicted molar refractivity (Wildman–Crippen MR) is 126 cm³/mol. The molecule has 1 aromatic carbocycles. The fourth-order valence-electron chi connectivity index (χ4n) is 3.03. The first-order chi connectivity index (χ1) is 16.8. The third-order valence-electron chi connectivity index (χ3n) is 4.64. The number of rotatable bonds is 11. The van der Waals surface area contributed by atoms with Crippen molar-refractivity contribution in [2.75, 3.05) is 26.4 Å². The summed E-state index contributed by atoms with van der Waals surface area (Å²) < 4.78 is 30.0. The van der Waals surface area contributed by atoms with Gasteiger partial charge < -0.3 is 39.3 Å². The molecule has 1 aromatic rings. The van der Waals surface area contributed by atoms with Crippen molar-refractivity contribution >= 4 is 24.4 Å². The number of hydrogen-bond acceptors (Lipinski definition) is 11. The standard InChI is InChI=1S/C24H35NO11/c1-7-31-22(29)35-16-10-9-15(11-17(16)36-23(30)32-8-2)18(19(25)20(26)27)14(3)12-33-21(28)34-13-24(4,5)6/h9-11,14,18-19H,7-8,12-13,25H2,1-6H3,(H,26,27)/t14?,18?,19-/m0/s1. The Morgan fingerprint density at radius 2 is 1.44 bits per heavy atom. The van der Waals surface area contributed by atoms with Gasteiger partial charge in [0, 0.05) is 5.92 Å². The maximum Gasteiger partial charge on any atom is 0.513 e. The quantitative estimate of drug-likeness (QED) is 0.247. The molecule has 0 amide bonds. The largest absolute Gasteiger partial charge is 0.513 e. The number of carboxylic acid groups (broad SMARTS) is 1. The van der Waals surface area contributed by atoms with Gasteiger partial charge in [-0.25, -0.2) is 14.4 Å². The SMILES string of the molecule is CCOC(=O)Oc1ccc(C(C(C)COC(=O)OCC(C)(C)C)[C@H](N)C(=O)O)cc1OC(=O)OCC. The van der Waals surface area contributed by atoms with Gasteiger partial charge >= 0.3 is 24.4 Å². The summed E-state index contributed by atoms with van der Waals surface area (Å²) in [6, 6.07) is 2.64. The van der Waals surface area contributed by atoms with Crippen LogP contribution >= 0.6 is 0 Å². The molecule has 0 aliphatic carbocycles. The van der Waals surface area contributed by atoms with Gasteiger partial charge in [0.25, 0.3) is 0 Å². The van der Waals surface area contributed by atoms with Crippen molar-refractivity contribution in [1.29, 1.82) is 0 Å². The molecule has 0 saturated heterocycles. The first-order valence-corrected chi connectivity index (χ1v) is 11.4. The second-order valence-electron chi connectivity index (χ2n) is 9.05. The number of carbonyl (C=O) groups is 4. The Morgan fingerprint density at radius 1 is 0.889 bits per heavy atom. The molecule has 0 fully saturated rings. The Morgan fingerprint density at radius 3 is 1.94 bits per heavy atom. The minimum atomic E-state index is -1.42. The molecule has 12 nitrogen and oxygen atoms in total. The van der Waals surface area contributed by atoms with Crippen LogP contribution in [0.25, 0.3) is 0 Å². The first kappa shape index (κ1) is 30.5. The lowest BCUT2D eigenvalue weighted by atomic mass is 9.82. The number of carboxylic acids is 1. The molecular formula is C24H35NO11. The number of aliphatic carboxylic acids is 1. The third kappa shape index (κ3) is 10.4. The first-order valence-electron chi connectivity index (χ1n) is 11.4. The molecule has 0 aliphatic rings. The van der Waals surface area contributed by atoms with Crippen LogP contribution in [0.3, 0.4) is 0 Å². The topological polar surface area (TPSA) is 170 Å². The highest BCUT2D eigenvalue weighted by atomic mass is 16.7. The number of ether oxygens (including phenoxy) is 6. The highest BCUT2D eigenvalue weighted by Gasteiger charge is 2.33. The number of carbonyl (C=O) groups excluding carboxylic acids is 3. The summed E-state index contributed by atoms with van der Waals surface area (Å²) >= 11 is 0. The molecule has 0 bridgehead atoms. The van der Waals surface area contributed by atoms with E-state index in [-0.39, 0.29) is 43.3 Å². The van der Waals surface area contributed by atoms with E-state index in [1.807, 2.05) is 20.8 Å². The van der Waals surface area contributed by atoms with Crippen LogP contribution in [0, 0.1) is 11.3 Å². The summed E-state index contributed by atoms with van der Waals surface area (Å²) in [5.41, 5.74) is 6.02. The van der Waals surface area contributed by atoms with Crippen molar-refractivity contribution < 1.29 is 52.7 Å². The summed E-state index contributed by atoms with van der Waals surface area (Å²) in [5, 5.41) is 9.58. The number of hydrogen-bond donors (Lipinski definition) is 2. The van der Waals surface area contributed by atoms with Crippen molar-refractivity contribution in [2.24, 2.45) is 17.1 Å². The van der Waals surface area contributed by atoms with Crippen molar-refractivity contribution in [3.63, 3.8) is 0 Å². The molecule has 0 heterocycles. The highest BCUT2D eigenvalue weighted by Crippen LogP contribution is 2.36. The van der Waals surface area contributed by atoms with Gasteiger partial charge in [-0.1, -0.05) is 33.8 Å². The van der Waals surface area contributed by atoms with E-state index in [2.05, 4.69) is 0 Å². The molecule has 1 rings (SSSR count). The average molecular weight is 514 g/mol.